The second kappa shape index (κ2) is 3.30. The molecule has 0 fully saturated rings. The maximum Gasteiger partial charge on any atom is 0.157 e. The normalized spacial score (nSPS) is 10.8. The van der Waals surface area contributed by atoms with Crippen LogP contribution < -0.4 is 5.73 Å². The smallest absolute Gasteiger partial charge is 0.157 e. The zero-order valence-corrected chi connectivity index (χ0v) is 8.41. The number of nitrogen functional groups attached to an aromatic ring is 1. The maximum atomic E-state index is 5.79. The molecule has 3 aromatic rings. The Kier molecular flexibility index (Phi) is 1.83. The van der Waals surface area contributed by atoms with Crippen LogP contribution in [0.4, 0.5) is 5.82 Å². The van der Waals surface area contributed by atoms with Gasteiger partial charge in [-0.25, -0.2) is 4.98 Å². The van der Waals surface area contributed by atoms with Crippen molar-refractivity contribution in [2.24, 2.45) is 0 Å². The van der Waals surface area contributed by atoms with Gasteiger partial charge in [0.25, 0.3) is 0 Å². The Balaban J connectivity index is 2.23. The molecule has 0 unspecified atom stereocenters. The first-order valence-corrected chi connectivity index (χ1v) is 4.85. The number of anilines is 1. The number of hydrogen-bond acceptors (Lipinski definition) is 4. The number of rotatable bonds is 1. The molecule has 0 aliphatic rings. The number of fused-ring (bicyclic) bond motifs is 1. The molecule has 0 aliphatic carbocycles. The summed E-state index contributed by atoms with van der Waals surface area (Å²) in [5, 5.41) is 4.37. The van der Waals surface area contributed by atoms with Crippen molar-refractivity contribution in [1.82, 2.24) is 19.6 Å². The van der Waals surface area contributed by atoms with E-state index < -0.39 is 0 Å². The number of nitrogens with two attached hydrogens (primary N) is 1. The summed E-state index contributed by atoms with van der Waals surface area (Å²) >= 11 is 0. The molecule has 3 rings (SSSR count). The molecule has 0 atom stereocenters. The third-order valence-electron chi connectivity index (χ3n) is 2.34. The van der Waals surface area contributed by atoms with Crippen molar-refractivity contribution in [3.05, 3.63) is 42.9 Å². The van der Waals surface area contributed by atoms with Crippen LogP contribution in [0.5, 0.6) is 0 Å². The molecule has 3 aromatic heterocycles. The molecule has 0 aromatic carbocycles. The summed E-state index contributed by atoms with van der Waals surface area (Å²) in [6.07, 6.45) is 5.16. The van der Waals surface area contributed by atoms with Crippen molar-refractivity contribution in [2.75, 3.05) is 5.73 Å². The average Bonchev–Trinajstić information content (AvgIpc) is 2.76. The van der Waals surface area contributed by atoms with Crippen molar-refractivity contribution < 1.29 is 0 Å². The third kappa shape index (κ3) is 1.30. The largest absolute Gasteiger partial charge is 0.384 e. The molecule has 0 aliphatic heterocycles. The molecule has 5 heteroatoms. The highest BCUT2D eigenvalue weighted by atomic mass is 15.3. The van der Waals surface area contributed by atoms with Crippen molar-refractivity contribution >= 4 is 11.5 Å². The second-order valence-electron chi connectivity index (χ2n) is 3.41. The average molecular weight is 211 g/mol. The Hall–Kier alpha value is -2.43. The van der Waals surface area contributed by atoms with Crippen molar-refractivity contribution in [3.8, 4) is 11.3 Å². The van der Waals surface area contributed by atoms with E-state index in [2.05, 4.69) is 15.1 Å². The standard InChI is InChI=1S/C11H9N5/c12-10-3-5-14-11-6-9(15-16(10)11)8-2-1-4-13-7-8/h1-7H,12H2. The van der Waals surface area contributed by atoms with Crippen LogP contribution in [0.25, 0.3) is 16.9 Å². The lowest BCUT2D eigenvalue weighted by Gasteiger charge is -1.95. The number of nitrogens with zero attached hydrogens (tertiary/aromatic N) is 4. The summed E-state index contributed by atoms with van der Waals surface area (Å²) in [4.78, 5) is 8.24. The van der Waals surface area contributed by atoms with Gasteiger partial charge < -0.3 is 5.73 Å². The van der Waals surface area contributed by atoms with Gasteiger partial charge in [0.2, 0.25) is 0 Å². The van der Waals surface area contributed by atoms with E-state index in [1.54, 1.807) is 29.2 Å². The van der Waals surface area contributed by atoms with Gasteiger partial charge in [-0.05, 0) is 18.2 Å². The SMILES string of the molecule is Nc1ccnc2cc(-c3cccnc3)nn12. The minimum Gasteiger partial charge on any atom is -0.384 e. The minimum atomic E-state index is 0.570. The molecule has 0 bridgehead atoms. The van der Waals surface area contributed by atoms with E-state index in [1.807, 2.05) is 18.2 Å². The van der Waals surface area contributed by atoms with Crippen LogP contribution in [0, 0.1) is 0 Å². The van der Waals surface area contributed by atoms with E-state index in [0.717, 1.165) is 16.9 Å². The molecule has 0 saturated carbocycles. The van der Waals surface area contributed by atoms with Crippen LogP contribution in [0.15, 0.2) is 42.9 Å². The van der Waals surface area contributed by atoms with Crippen LogP contribution in [0.1, 0.15) is 0 Å². The fourth-order valence-electron chi connectivity index (χ4n) is 1.57. The fourth-order valence-corrected chi connectivity index (χ4v) is 1.57. The monoisotopic (exact) mass is 211 g/mol. The van der Waals surface area contributed by atoms with Crippen molar-refractivity contribution in [2.45, 2.75) is 0 Å². The first kappa shape index (κ1) is 8.84. The van der Waals surface area contributed by atoms with Crippen LogP contribution in [-0.4, -0.2) is 19.6 Å². The molecule has 3 heterocycles. The minimum absolute atomic E-state index is 0.570. The Bertz CT molecular complexity index is 629. The van der Waals surface area contributed by atoms with Gasteiger partial charge in [-0.3, -0.25) is 4.98 Å². The maximum absolute atomic E-state index is 5.79. The molecule has 5 nitrogen and oxygen atoms in total. The van der Waals surface area contributed by atoms with Gasteiger partial charge >= 0.3 is 0 Å². The lowest BCUT2D eigenvalue weighted by atomic mass is 10.2. The topological polar surface area (TPSA) is 69.1 Å². The second-order valence-corrected chi connectivity index (χ2v) is 3.41. The summed E-state index contributed by atoms with van der Waals surface area (Å²) in [5.41, 5.74) is 8.30. The van der Waals surface area contributed by atoms with Gasteiger partial charge in [-0.1, -0.05) is 0 Å². The summed E-state index contributed by atoms with van der Waals surface area (Å²) in [6.45, 7) is 0. The summed E-state index contributed by atoms with van der Waals surface area (Å²) in [5.74, 6) is 0.570. The lowest BCUT2D eigenvalue weighted by Crippen LogP contribution is -1.98. The Morgan fingerprint density at radius 2 is 2.12 bits per heavy atom. The quantitative estimate of drug-likeness (QED) is 0.660. The van der Waals surface area contributed by atoms with E-state index in [9.17, 15) is 0 Å². The summed E-state index contributed by atoms with van der Waals surface area (Å²) in [6, 6.07) is 7.42. The van der Waals surface area contributed by atoms with Gasteiger partial charge in [0.15, 0.2) is 5.65 Å². The summed E-state index contributed by atoms with van der Waals surface area (Å²) in [7, 11) is 0. The van der Waals surface area contributed by atoms with Gasteiger partial charge in [-0.15, -0.1) is 0 Å². The van der Waals surface area contributed by atoms with Crippen molar-refractivity contribution in [1.29, 1.82) is 0 Å². The molecule has 2 N–H and O–H groups in total. The molecule has 0 amide bonds. The fraction of sp³-hybridized carbons (Fsp3) is 0. The van der Waals surface area contributed by atoms with Gasteiger partial charge in [0.05, 0.1) is 5.69 Å². The number of aromatic nitrogens is 4. The van der Waals surface area contributed by atoms with Crippen LogP contribution in [-0.2, 0) is 0 Å². The van der Waals surface area contributed by atoms with E-state index in [0.29, 0.717) is 5.82 Å². The zero-order chi connectivity index (χ0) is 11.0. The number of pyridine rings is 1. The van der Waals surface area contributed by atoms with Crippen LogP contribution in [0.3, 0.4) is 0 Å². The number of hydrogen-bond donors (Lipinski definition) is 1. The van der Waals surface area contributed by atoms with Crippen molar-refractivity contribution in [3.63, 3.8) is 0 Å². The Morgan fingerprint density at radius 3 is 2.88 bits per heavy atom. The zero-order valence-electron chi connectivity index (χ0n) is 8.41. The molecular formula is C11H9N5. The van der Waals surface area contributed by atoms with Gasteiger partial charge in [0.1, 0.15) is 5.82 Å². The highest BCUT2D eigenvalue weighted by molar-refractivity contribution is 5.64. The highest BCUT2D eigenvalue weighted by Gasteiger charge is 2.06. The third-order valence-corrected chi connectivity index (χ3v) is 2.34. The van der Waals surface area contributed by atoms with E-state index in [4.69, 9.17) is 5.73 Å². The molecule has 0 spiro atoms. The molecular weight excluding hydrogens is 202 g/mol. The van der Waals surface area contributed by atoms with Gasteiger partial charge in [-0.2, -0.15) is 9.61 Å². The first-order valence-electron chi connectivity index (χ1n) is 4.85. The summed E-state index contributed by atoms with van der Waals surface area (Å²) < 4.78 is 1.61. The van der Waals surface area contributed by atoms with E-state index in [-0.39, 0.29) is 0 Å². The van der Waals surface area contributed by atoms with E-state index >= 15 is 0 Å². The molecule has 78 valence electrons. The van der Waals surface area contributed by atoms with Crippen LogP contribution in [0.2, 0.25) is 0 Å². The predicted molar refractivity (Wildman–Crippen MR) is 60.6 cm³/mol. The van der Waals surface area contributed by atoms with Crippen LogP contribution >= 0.6 is 0 Å². The predicted octanol–water partition coefficient (Wildman–Crippen LogP) is 1.37. The molecule has 0 saturated heterocycles. The molecule has 0 radical (unpaired) electrons. The Labute approximate surface area is 91.6 Å². The first-order chi connectivity index (χ1) is 7.84. The van der Waals surface area contributed by atoms with E-state index in [1.165, 1.54) is 0 Å². The van der Waals surface area contributed by atoms with Gasteiger partial charge in [0, 0.05) is 30.2 Å². The Morgan fingerprint density at radius 1 is 1.19 bits per heavy atom. The highest BCUT2D eigenvalue weighted by Crippen LogP contribution is 2.18. The lowest BCUT2D eigenvalue weighted by molar-refractivity contribution is 0.955. The molecule has 16 heavy (non-hydrogen) atoms.